The molecule has 0 amide bonds. The van der Waals surface area contributed by atoms with Gasteiger partial charge in [-0.1, -0.05) is 5.10 Å². The summed E-state index contributed by atoms with van der Waals surface area (Å²) in [4.78, 5) is -0.585. The predicted octanol–water partition coefficient (Wildman–Crippen LogP) is 0.900. The van der Waals surface area contributed by atoms with Gasteiger partial charge < -0.3 is 10.2 Å². The molecular weight excluding hydrogens is 263 g/mol. The molecule has 2 aromatic rings. The minimum Gasteiger partial charge on any atom is -0.408 e. The van der Waals surface area contributed by atoms with E-state index in [0.717, 1.165) is 12.1 Å². The van der Waals surface area contributed by atoms with Crippen molar-refractivity contribution in [2.24, 2.45) is 0 Å². The largest absolute Gasteiger partial charge is 0.408 e. The zero-order valence-corrected chi connectivity index (χ0v) is 10.0. The van der Waals surface area contributed by atoms with Gasteiger partial charge in [0.2, 0.25) is 5.89 Å². The first kappa shape index (κ1) is 12.3. The van der Waals surface area contributed by atoms with E-state index < -0.39 is 20.7 Å². The highest BCUT2D eigenvalue weighted by molar-refractivity contribution is 7.92. The molecule has 1 aromatic heterocycles. The van der Waals surface area contributed by atoms with Crippen LogP contribution in [0.3, 0.4) is 0 Å². The molecule has 3 N–H and O–H groups in total. The number of halogens is 1. The van der Waals surface area contributed by atoms with Gasteiger partial charge in [0, 0.05) is 12.6 Å². The van der Waals surface area contributed by atoms with Crippen LogP contribution in [0.15, 0.2) is 27.5 Å². The molecule has 9 heteroatoms. The second-order valence-corrected chi connectivity index (χ2v) is 5.07. The van der Waals surface area contributed by atoms with E-state index in [0.29, 0.717) is 0 Å². The molecule has 1 aromatic carbocycles. The lowest BCUT2D eigenvalue weighted by atomic mass is 10.3. The molecule has 0 aliphatic carbocycles. The SMILES string of the molecule is Cc1nnc(NS(=O)(=O)c2cc(N)ccc2F)o1. The first-order valence-corrected chi connectivity index (χ1v) is 6.25. The Labute approximate surface area is 102 Å². The molecular formula is C9H9FN4O3S. The Hall–Kier alpha value is -2.16. The second-order valence-electron chi connectivity index (χ2n) is 3.42. The number of aromatic nitrogens is 2. The maximum Gasteiger partial charge on any atom is 0.329 e. The van der Waals surface area contributed by atoms with Crippen LogP contribution in [0, 0.1) is 12.7 Å². The van der Waals surface area contributed by atoms with Gasteiger partial charge in [-0.3, -0.25) is 0 Å². The Morgan fingerprint density at radius 3 is 2.72 bits per heavy atom. The summed E-state index contributed by atoms with van der Waals surface area (Å²) < 4.78 is 43.9. The average molecular weight is 272 g/mol. The summed E-state index contributed by atoms with van der Waals surface area (Å²) in [7, 11) is -4.15. The number of rotatable bonds is 3. The molecule has 7 nitrogen and oxygen atoms in total. The van der Waals surface area contributed by atoms with Crippen LogP contribution < -0.4 is 10.5 Å². The smallest absolute Gasteiger partial charge is 0.329 e. The number of aryl methyl sites for hydroxylation is 1. The highest BCUT2D eigenvalue weighted by atomic mass is 32.2. The van der Waals surface area contributed by atoms with E-state index in [1.165, 1.54) is 13.0 Å². The number of hydrogen-bond donors (Lipinski definition) is 2. The van der Waals surface area contributed by atoms with Crippen molar-refractivity contribution in [2.75, 3.05) is 10.5 Å². The zero-order chi connectivity index (χ0) is 13.3. The first-order valence-electron chi connectivity index (χ1n) is 4.76. The summed E-state index contributed by atoms with van der Waals surface area (Å²) in [6, 6.07) is 2.88. The monoisotopic (exact) mass is 272 g/mol. The summed E-state index contributed by atoms with van der Waals surface area (Å²) >= 11 is 0. The second kappa shape index (κ2) is 4.26. The maximum atomic E-state index is 13.4. The minimum absolute atomic E-state index is 0.124. The Bertz CT molecular complexity index is 683. The zero-order valence-electron chi connectivity index (χ0n) is 9.21. The Balaban J connectivity index is 2.39. The molecule has 1 heterocycles. The molecule has 0 saturated heterocycles. The lowest BCUT2D eigenvalue weighted by Gasteiger charge is -2.05. The van der Waals surface area contributed by atoms with Gasteiger partial charge in [-0.25, -0.2) is 17.5 Å². The summed E-state index contributed by atoms with van der Waals surface area (Å²) in [5, 5.41) is 6.89. The molecule has 18 heavy (non-hydrogen) atoms. The van der Waals surface area contributed by atoms with Crippen molar-refractivity contribution in [3.63, 3.8) is 0 Å². The highest BCUT2D eigenvalue weighted by Crippen LogP contribution is 2.20. The van der Waals surface area contributed by atoms with Crippen molar-refractivity contribution >= 4 is 21.7 Å². The van der Waals surface area contributed by atoms with Gasteiger partial charge in [0.15, 0.2) is 0 Å². The first-order chi connectivity index (χ1) is 8.38. The van der Waals surface area contributed by atoms with Gasteiger partial charge in [0.25, 0.3) is 10.0 Å². The number of nitrogens with one attached hydrogen (secondary N) is 1. The van der Waals surface area contributed by atoms with Gasteiger partial charge in [-0.2, -0.15) is 0 Å². The molecule has 0 atom stereocenters. The van der Waals surface area contributed by atoms with Gasteiger partial charge in [-0.05, 0) is 18.2 Å². The van der Waals surface area contributed by atoms with E-state index in [1.54, 1.807) is 0 Å². The topological polar surface area (TPSA) is 111 Å². The van der Waals surface area contributed by atoms with Crippen molar-refractivity contribution in [1.29, 1.82) is 0 Å². The molecule has 0 aliphatic rings. The molecule has 0 unspecified atom stereocenters. The summed E-state index contributed by atoms with van der Waals surface area (Å²) in [6.45, 7) is 1.49. The normalized spacial score (nSPS) is 11.4. The van der Waals surface area contributed by atoms with Gasteiger partial charge in [-0.15, -0.1) is 5.10 Å². The van der Waals surface area contributed by atoms with Crippen LogP contribution in [0.2, 0.25) is 0 Å². The number of anilines is 2. The van der Waals surface area contributed by atoms with Crippen LogP contribution in [-0.2, 0) is 10.0 Å². The van der Waals surface area contributed by atoms with E-state index in [4.69, 9.17) is 10.2 Å². The van der Waals surface area contributed by atoms with Crippen molar-refractivity contribution in [1.82, 2.24) is 10.2 Å². The van der Waals surface area contributed by atoms with Crippen LogP contribution >= 0.6 is 0 Å². The average Bonchev–Trinajstić information content (AvgIpc) is 2.66. The van der Waals surface area contributed by atoms with Crippen molar-refractivity contribution in [2.45, 2.75) is 11.8 Å². The Morgan fingerprint density at radius 1 is 1.39 bits per heavy atom. The van der Waals surface area contributed by atoms with Gasteiger partial charge >= 0.3 is 6.01 Å². The summed E-state index contributed by atoms with van der Waals surface area (Å²) in [6.07, 6.45) is 0. The van der Waals surface area contributed by atoms with Gasteiger partial charge in [0.1, 0.15) is 10.7 Å². The molecule has 0 bridgehead atoms. The van der Waals surface area contributed by atoms with Crippen LogP contribution in [-0.4, -0.2) is 18.6 Å². The Kier molecular flexibility index (Phi) is 2.91. The third kappa shape index (κ3) is 2.40. The van der Waals surface area contributed by atoms with E-state index in [2.05, 4.69) is 10.2 Å². The molecule has 2 rings (SSSR count). The summed E-state index contributed by atoms with van der Waals surface area (Å²) in [5.74, 6) is -0.742. The van der Waals surface area contributed by atoms with Gasteiger partial charge in [0.05, 0.1) is 0 Å². The van der Waals surface area contributed by atoms with E-state index >= 15 is 0 Å². The fourth-order valence-electron chi connectivity index (χ4n) is 1.23. The van der Waals surface area contributed by atoms with Crippen molar-refractivity contribution in [3.8, 4) is 0 Å². The highest BCUT2D eigenvalue weighted by Gasteiger charge is 2.21. The quantitative estimate of drug-likeness (QED) is 0.803. The number of nitrogens with two attached hydrogens (primary N) is 1. The minimum atomic E-state index is -4.15. The molecule has 0 spiro atoms. The number of benzene rings is 1. The molecule has 0 radical (unpaired) electrons. The number of nitrogens with zero attached hydrogens (tertiary/aromatic N) is 2. The molecule has 0 aliphatic heterocycles. The third-order valence-corrected chi connectivity index (χ3v) is 3.33. The van der Waals surface area contributed by atoms with E-state index in [1.807, 2.05) is 4.72 Å². The fraction of sp³-hybridized carbons (Fsp3) is 0.111. The third-order valence-electron chi connectivity index (χ3n) is 1.99. The summed E-state index contributed by atoms with van der Waals surface area (Å²) in [5.41, 5.74) is 5.53. The molecule has 0 saturated carbocycles. The number of nitrogen functional groups attached to an aromatic ring is 1. The number of hydrogen-bond acceptors (Lipinski definition) is 6. The van der Waals surface area contributed by atoms with Crippen molar-refractivity contribution < 1.29 is 17.2 Å². The van der Waals surface area contributed by atoms with Crippen LogP contribution in [0.25, 0.3) is 0 Å². The molecule has 96 valence electrons. The van der Waals surface area contributed by atoms with E-state index in [-0.39, 0.29) is 17.6 Å². The van der Waals surface area contributed by atoms with Crippen LogP contribution in [0.4, 0.5) is 16.1 Å². The Morgan fingerprint density at radius 2 is 2.11 bits per heavy atom. The predicted molar refractivity (Wildman–Crippen MR) is 60.7 cm³/mol. The fourth-order valence-corrected chi connectivity index (χ4v) is 2.27. The lowest BCUT2D eigenvalue weighted by Crippen LogP contribution is -2.15. The van der Waals surface area contributed by atoms with Crippen LogP contribution in [0.5, 0.6) is 0 Å². The van der Waals surface area contributed by atoms with E-state index in [9.17, 15) is 12.8 Å². The maximum absolute atomic E-state index is 13.4. The van der Waals surface area contributed by atoms with Crippen molar-refractivity contribution in [3.05, 3.63) is 29.9 Å². The number of sulfonamides is 1. The lowest BCUT2D eigenvalue weighted by molar-refractivity contribution is 0.533. The van der Waals surface area contributed by atoms with Crippen LogP contribution in [0.1, 0.15) is 5.89 Å². The standard InChI is InChI=1S/C9H9FN4O3S/c1-5-12-13-9(17-5)14-18(15,16)8-4-6(11)2-3-7(8)10/h2-4H,11H2,1H3,(H,13,14). The molecule has 0 fully saturated rings.